The van der Waals surface area contributed by atoms with Gasteiger partial charge in [0.2, 0.25) is 5.91 Å². The quantitative estimate of drug-likeness (QED) is 0.404. The summed E-state index contributed by atoms with van der Waals surface area (Å²) >= 11 is 1.17. The number of aromatic nitrogens is 2. The molecule has 0 aliphatic carbocycles. The molecule has 0 bridgehead atoms. The molecule has 7 nitrogen and oxygen atoms in total. The van der Waals surface area contributed by atoms with Crippen LogP contribution in [0.1, 0.15) is 6.92 Å². The van der Waals surface area contributed by atoms with Crippen molar-refractivity contribution in [3.8, 4) is 0 Å². The Labute approximate surface area is 144 Å². The summed E-state index contributed by atoms with van der Waals surface area (Å²) in [6.07, 6.45) is 1.53. The molecule has 8 heteroatoms. The largest absolute Gasteiger partial charge is 0.370 e. The van der Waals surface area contributed by atoms with Gasteiger partial charge in [-0.3, -0.25) is 10.1 Å². The number of fused-ring (bicyclic) bond motifs is 1. The molecule has 1 aromatic carbocycles. The fourth-order valence-electron chi connectivity index (χ4n) is 1.92. The highest BCUT2D eigenvalue weighted by atomic mass is 32.2. The second kappa shape index (κ2) is 8.88. The molecule has 0 atom stereocenters. The Kier molecular flexibility index (Phi) is 6.56. The minimum Gasteiger partial charge on any atom is -0.370 e. The number of anilines is 1. The predicted molar refractivity (Wildman–Crippen MR) is 96.2 cm³/mol. The van der Waals surface area contributed by atoms with Crippen molar-refractivity contribution < 1.29 is 9.59 Å². The number of hydrogen-bond acceptors (Lipinski definition) is 6. The van der Waals surface area contributed by atoms with E-state index in [1.54, 1.807) is 0 Å². The molecule has 0 saturated heterocycles. The van der Waals surface area contributed by atoms with E-state index in [-0.39, 0.29) is 5.75 Å². The summed E-state index contributed by atoms with van der Waals surface area (Å²) in [5, 5.41) is 9.31. The average Bonchev–Trinajstić information content (AvgIpc) is 2.58. The number of urea groups is 1. The zero-order valence-corrected chi connectivity index (χ0v) is 14.2. The molecule has 0 aliphatic rings. The van der Waals surface area contributed by atoms with Gasteiger partial charge in [-0.25, -0.2) is 14.8 Å². The number of imide groups is 1. The molecule has 24 heavy (non-hydrogen) atoms. The van der Waals surface area contributed by atoms with Crippen molar-refractivity contribution in [1.29, 1.82) is 0 Å². The predicted octanol–water partition coefficient (Wildman–Crippen LogP) is 2.17. The summed E-state index contributed by atoms with van der Waals surface area (Å²) in [4.78, 5) is 32.0. The van der Waals surface area contributed by atoms with Gasteiger partial charge in [0.05, 0.1) is 11.3 Å². The molecule has 2 rings (SSSR count). The molecular formula is C16H19N5O2S. The lowest BCUT2D eigenvalue weighted by Crippen LogP contribution is -2.40. The molecule has 0 fully saturated rings. The molecule has 0 radical (unpaired) electrons. The van der Waals surface area contributed by atoms with Crippen molar-refractivity contribution in [2.45, 2.75) is 12.1 Å². The maximum atomic E-state index is 11.8. The molecule has 126 valence electrons. The fourth-order valence-corrected chi connectivity index (χ4v) is 2.58. The number of amides is 3. The van der Waals surface area contributed by atoms with Gasteiger partial charge < -0.3 is 10.6 Å². The molecule has 2 aromatic rings. The zero-order chi connectivity index (χ0) is 17.4. The van der Waals surface area contributed by atoms with E-state index in [0.717, 1.165) is 23.3 Å². The van der Waals surface area contributed by atoms with Crippen molar-refractivity contribution in [3.63, 3.8) is 0 Å². The molecule has 0 aliphatic heterocycles. The highest BCUT2D eigenvalue weighted by molar-refractivity contribution is 7.99. The molecule has 1 aromatic heterocycles. The summed E-state index contributed by atoms with van der Waals surface area (Å²) < 4.78 is 0. The van der Waals surface area contributed by atoms with Gasteiger partial charge in [-0.05, 0) is 19.1 Å². The summed E-state index contributed by atoms with van der Waals surface area (Å²) in [5.41, 5.74) is 0.801. The molecular weight excluding hydrogens is 326 g/mol. The second-order valence-electron chi connectivity index (χ2n) is 4.74. The van der Waals surface area contributed by atoms with Gasteiger partial charge in [-0.15, -0.1) is 6.58 Å². The Morgan fingerprint density at radius 1 is 1.29 bits per heavy atom. The van der Waals surface area contributed by atoms with Crippen LogP contribution < -0.4 is 16.0 Å². The first kappa shape index (κ1) is 17.7. The molecule has 3 amide bonds. The Morgan fingerprint density at radius 2 is 2.08 bits per heavy atom. The smallest absolute Gasteiger partial charge is 0.321 e. The molecule has 0 spiro atoms. The molecule has 0 unspecified atom stereocenters. The summed E-state index contributed by atoms with van der Waals surface area (Å²) in [5.74, 6) is 0.365. The van der Waals surface area contributed by atoms with Crippen molar-refractivity contribution in [1.82, 2.24) is 20.6 Å². The summed E-state index contributed by atoms with van der Waals surface area (Å²) in [6, 6.07) is 7.11. The molecule has 1 heterocycles. The van der Waals surface area contributed by atoms with Crippen molar-refractivity contribution in [2.75, 3.05) is 24.2 Å². The van der Waals surface area contributed by atoms with Gasteiger partial charge in [0.15, 0.2) is 5.16 Å². The Morgan fingerprint density at radius 3 is 2.83 bits per heavy atom. The number of hydrogen-bond donors (Lipinski definition) is 3. The number of nitrogens with zero attached hydrogens (tertiary/aromatic N) is 2. The third-order valence-electron chi connectivity index (χ3n) is 2.92. The fraction of sp³-hybridized carbons (Fsp3) is 0.250. The minimum atomic E-state index is -0.548. The highest BCUT2D eigenvalue weighted by Gasteiger charge is 2.11. The lowest BCUT2D eigenvalue weighted by molar-refractivity contribution is -0.117. The number of thioether (sulfide) groups is 1. The van der Waals surface area contributed by atoms with Gasteiger partial charge in [0.1, 0.15) is 5.82 Å². The van der Waals surface area contributed by atoms with E-state index in [4.69, 9.17) is 0 Å². The van der Waals surface area contributed by atoms with E-state index in [1.807, 2.05) is 31.2 Å². The number of carbonyl (C=O) groups is 2. The van der Waals surface area contributed by atoms with Gasteiger partial charge in [0.25, 0.3) is 0 Å². The zero-order valence-electron chi connectivity index (χ0n) is 13.3. The van der Waals surface area contributed by atoms with E-state index < -0.39 is 11.9 Å². The molecule has 0 saturated carbocycles. The van der Waals surface area contributed by atoms with E-state index in [0.29, 0.717) is 11.7 Å². The SMILES string of the molecule is C=CCNC(=O)NC(=O)CSc1nc(NCC)c2ccccc2n1. The van der Waals surface area contributed by atoms with Crippen LogP contribution in [0, 0.1) is 0 Å². The van der Waals surface area contributed by atoms with Crippen LogP contribution in [0.15, 0.2) is 42.1 Å². The van der Waals surface area contributed by atoms with Gasteiger partial charge in [-0.2, -0.15) is 0 Å². The maximum absolute atomic E-state index is 11.8. The third kappa shape index (κ3) is 4.95. The van der Waals surface area contributed by atoms with Crippen LogP contribution in [0.25, 0.3) is 10.9 Å². The van der Waals surface area contributed by atoms with Crippen molar-refractivity contribution in [3.05, 3.63) is 36.9 Å². The van der Waals surface area contributed by atoms with Crippen LogP contribution in [-0.2, 0) is 4.79 Å². The first-order valence-corrected chi connectivity index (χ1v) is 8.44. The van der Waals surface area contributed by atoms with Crippen LogP contribution in [0.5, 0.6) is 0 Å². The Balaban J connectivity index is 2.03. The third-order valence-corrected chi connectivity index (χ3v) is 3.77. The lowest BCUT2D eigenvalue weighted by atomic mass is 10.2. The second-order valence-corrected chi connectivity index (χ2v) is 5.68. The van der Waals surface area contributed by atoms with Crippen LogP contribution in [0.4, 0.5) is 10.6 Å². The average molecular weight is 345 g/mol. The maximum Gasteiger partial charge on any atom is 0.321 e. The van der Waals surface area contributed by atoms with Gasteiger partial charge in [0, 0.05) is 18.5 Å². The van der Waals surface area contributed by atoms with Crippen molar-refractivity contribution in [2.24, 2.45) is 0 Å². The molecule has 3 N–H and O–H groups in total. The van der Waals surface area contributed by atoms with Crippen LogP contribution in [0.3, 0.4) is 0 Å². The van der Waals surface area contributed by atoms with E-state index in [2.05, 4.69) is 32.5 Å². The number of benzene rings is 1. The van der Waals surface area contributed by atoms with E-state index in [1.165, 1.54) is 17.8 Å². The van der Waals surface area contributed by atoms with E-state index in [9.17, 15) is 9.59 Å². The summed E-state index contributed by atoms with van der Waals surface area (Å²) in [6.45, 7) is 6.50. The number of carbonyl (C=O) groups excluding carboxylic acids is 2. The van der Waals surface area contributed by atoms with Crippen molar-refractivity contribution >= 4 is 40.4 Å². The van der Waals surface area contributed by atoms with Crippen LogP contribution >= 0.6 is 11.8 Å². The lowest BCUT2D eigenvalue weighted by Gasteiger charge is -2.09. The number of nitrogens with one attached hydrogen (secondary N) is 3. The number of para-hydroxylation sites is 1. The van der Waals surface area contributed by atoms with Gasteiger partial charge in [-0.1, -0.05) is 30.0 Å². The topological polar surface area (TPSA) is 96.0 Å². The number of rotatable bonds is 7. The first-order chi connectivity index (χ1) is 11.6. The Bertz CT molecular complexity index is 750. The van der Waals surface area contributed by atoms with E-state index >= 15 is 0 Å². The van der Waals surface area contributed by atoms with Crippen LogP contribution in [0.2, 0.25) is 0 Å². The minimum absolute atomic E-state index is 0.0470. The highest BCUT2D eigenvalue weighted by Crippen LogP contribution is 2.24. The summed E-state index contributed by atoms with van der Waals surface area (Å²) in [7, 11) is 0. The monoisotopic (exact) mass is 345 g/mol. The Hall–Kier alpha value is -2.61. The standard InChI is InChI=1S/C16H19N5O2S/c1-3-9-18-15(23)20-13(22)10-24-16-19-12-8-6-5-7-11(12)14(21-16)17-4-2/h3,5-8H,1,4,9-10H2,2H3,(H,17,19,21)(H2,18,20,22,23). The normalized spacial score (nSPS) is 10.2. The first-order valence-electron chi connectivity index (χ1n) is 7.46. The van der Waals surface area contributed by atoms with Crippen LogP contribution in [-0.4, -0.2) is 40.7 Å². The van der Waals surface area contributed by atoms with Gasteiger partial charge >= 0.3 is 6.03 Å².